The number of alkyl carbamates (subject to hydrolysis) is 1. The molecule has 0 saturated heterocycles. The van der Waals surface area contributed by atoms with Gasteiger partial charge in [-0.2, -0.15) is 0 Å². The van der Waals surface area contributed by atoms with Gasteiger partial charge in [0, 0.05) is 5.41 Å². The summed E-state index contributed by atoms with van der Waals surface area (Å²) in [5.74, 6) is -0.756. The molecule has 1 rings (SSSR count). The lowest BCUT2D eigenvalue weighted by Crippen LogP contribution is -2.54. The molecule has 7 nitrogen and oxygen atoms in total. The molecule has 0 aromatic heterocycles. The van der Waals surface area contributed by atoms with E-state index >= 15 is 0 Å². The normalized spacial score (nSPS) is 13.9. The molecule has 0 aliphatic rings. The van der Waals surface area contributed by atoms with Crippen molar-refractivity contribution in [2.45, 2.75) is 51.7 Å². The molecule has 0 heterocycles. The Labute approximate surface area is 147 Å². The lowest BCUT2D eigenvalue weighted by atomic mass is 9.76. The van der Waals surface area contributed by atoms with E-state index in [4.69, 9.17) is 14.5 Å². The van der Waals surface area contributed by atoms with Gasteiger partial charge < -0.3 is 19.8 Å². The van der Waals surface area contributed by atoms with Crippen LogP contribution >= 0.6 is 7.60 Å². The Balaban J connectivity index is 3.16. The molecule has 1 aromatic rings. The van der Waals surface area contributed by atoms with E-state index in [2.05, 4.69) is 5.32 Å². The number of benzene rings is 1. The Kier molecular flexibility index (Phi) is 6.56. The second kappa shape index (κ2) is 7.68. The molecule has 1 aromatic carbocycles. The van der Waals surface area contributed by atoms with E-state index in [0.717, 1.165) is 5.56 Å². The number of hydrogen-bond acceptors (Lipinski definition) is 4. The standard InChI is InChI=1S/C17H26NO6P/c1-16(2,3)24-15(20)18-14(13(19)11-25(21,22)23)17(4,5)12-9-7-6-8-10-12/h6-10,14H,11H2,1-5H3,(H,18,20)(H2,21,22,23)/t14-/m1/s1. The highest BCUT2D eigenvalue weighted by Crippen LogP contribution is 2.37. The van der Waals surface area contributed by atoms with E-state index in [9.17, 15) is 14.2 Å². The minimum atomic E-state index is -4.56. The number of ketones is 1. The minimum Gasteiger partial charge on any atom is -0.444 e. The fraction of sp³-hybridized carbons (Fsp3) is 0.529. The van der Waals surface area contributed by atoms with Crippen LogP contribution in [-0.4, -0.2) is 39.5 Å². The molecule has 140 valence electrons. The number of hydrogen-bond donors (Lipinski definition) is 3. The Morgan fingerprint density at radius 1 is 1.12 bits per heavy atom. The summed E-state index contributed by atoms with van der Waals surface area (Å²) in [5.41, 5.74) is -0.919. The highest BCUT2D eigenvalue weighted by molar-refractivity contribution is 7.52. The summed E-state index contributed by atoms with van der Waals surface area (Å²) in [4.78, 5) is 42.9. The van der Waals surface area contributed by atoms with Crippen LogP contribution in [0.25, 0.3) is 0 Å². The highest BCUT2D eigenvalue weighted by Gasteiger charge is 2.40. The number of rotatable bonds is 6. The van der Waals surface area contributed by atoms with Gasteiger partial charge in [-0.3, -0.25) is 9.36 Å². The molecule has 8 heteroatoms. The molecule has 0 aliphatic heterocycles. The van der Waals surface area contributed by atoms with Crippen LogP contribution in [0.4, 0.5) is 4.79 Å². The molecule has 0 fully saturated rings. The predicted molar refractivity (Wildman–Crippen MR) is 94.5 cm³/mol. The van der Waals surface area contributed by atoms with Crippen molar-refractivity contribution in [3.05, 3.63) is 35.9 Å². The summed E-state index contributed by atoms with van der Waals surface area (Å²) in [6, 6.07) is 7.80. The quantitative estimate of drug-likeness (QED) is 0.663. The fourth-order valence-electron chi connectivity index (χ4n) is 2.42. The van der Waals surface area contributed by atoms with Crippen LogP contribution in [0.15, 0.2) is 30.3 Å². The van der Waals surface area contributed by atoms with Crippen molar-refractivity contribution < 1.29 is 28.7 Å². The Hall–Kier alpha value is -1.69. The molecular weight excluding hydrogens is 345 g/mol. The van der Waals surface area contributed by atoms with Crippen molar-refractivity contribution in [1.29, 1.82) is 0 Å². The van der Waals surface area contributed by atoms with Gasteiger partial charge in [0.2, 0.25) is 0 Å². The van der Waals surface area contributed by atoms with E-state index < -0.39 is 42.7 Å². The molecular formula is C17H26NO6P. The maximum absolute atomic E-state index is 12.5. The zero-order chi connectivity index (χ0) is 19.5. The highest BCUT2D eigenvalue weighted by atomic mass is 31.2. The molecule has 25 heavy (non-hydrogen) atoms. The molecule has 0 aliphatic carbocycles. The Bertz CT molecular complexity index is 659. The largest absolute Gasteiger partial charge is 0.444 e. The van der Waals surface area contributed by atoms with Gasteiger partial charge in [-0.1, -0.05) is 44.2 Å². The van der Waals surface area contributed by atoms with Crippen LogP contribution in [0, 0.1) is 0 Å². The predicted octanol–water partition coefficient (Wildman–Crippen LogP) is 2.60. The fourth-order valence-corrected chi connectivity index (χ4v) is 3.01. The van der Waals surface area contributed by atoms with Crippen LogP contribution in [-0.2, 0) is 19.5 Å². The monoisotopic (exact) mass is 371 g/mol. The Morgan fingerprint density at radius 3 is 2.08 bits per heavy atom. The number of carbonyl (C=O) groups is 2. The second-order valence-corrected chi connectivity index (χ2v) is 9.10. The molecule has 1 atom stereocenters. The third kappa shape index (κ3) is 6.98. The first kappa shape index (κ1) is 21.4. The van der Waals surface area contributed by atoms with Crippen LogP contribution in [0.2, 0.25) is 0 Å². The van der Waals surface area contributed by atoms with Crippen molar-refractivity contribution in [2.75, 3.05) is 6.16 Å². The average Bonchev–Trinajstić information content (AvgIpc) is 2.41. The van der Waals surface area contributed by atoms with Gasteiger partial charge >= 0.3 is 13.7 Å². The van der Waals surface area contributed by atoms with Crippen molar-refractivity contribution in [1.82, 2.24) is 5.32 Å². The number of carbonyl (C=O) groups excluding carboxylic acids is 2. The van der Waals surface area contributed by atoms with Gasteiger partial charge in [0.05, 0.1) is 0 Å². The zero-order valence-electron chi connectivity index (χ0n) is 15.1. The summed E-state index contributed by atoms with van der Waals surface area (Å²) < 4.78 is 16.4. The third-order valence-electron chi connectivity index (χ3n) is 3.58. The molecule has 3 N–H and O–H groups in total. The van der Waals surface area contributed by atoms with Crippen molar-refractivity contribution >= 4 is 19.5 Å². The molecule has 0 unspecified atom stereocenters. The van der Waals surface area contributed by atoms with Gasteiger partial charge in [0.25, 0.3) is 0 Å². The number of Topliss-reactive ketones (excluding diaryl/α,β-unsaturated/α-hetero) is 1. The molecule has 0 spiro atoms. The van der Waals surface area contributed by atoms with Crippen molar-refractivity contribution in [3.63, 3.8) is 0 Å². The maximum atomic E-state index is 12.5. The maximum Gasteiger partial charge on any atom is 0.408 e. The smallest absolute Gasteiger partial charge is 0.408 e. The van der Waals surface area contributed by atoms with Crippen molar-refractivity contribution in [2.24, 2.45) is 0 Å². The van der Waals surface area contributed by atoms with Crippen LogP contribution in [0.1, 0.15) is 40.2 Å². The van der Waals surface area contributed by atoms with E-state index in [1.807, 2.05) is 6.07 Å². The molecule has 0 radical (unpaired) electrons. The third-order valence-corrected chi connectivity index (χ3v) is 4.31. The summed E-state index contributed by atoms with van der Waals surface area (Å²) in [5, 5.41) is 2.48. The number of nitrogens with one attached hydrogen (secondary N) is 1. The first-order chi connectivity index (χ1) is 11.2. The zero-order valence-corrected chi connectivity index (χ0v) is 16.0. The van der Waals surface area contributed by atoms with Crippen LogP contribution in [0.3, 0.4) is 0 Å². The average molecular weight is 371 g/mol. The van der Waals surface area contributed by atoms with Crippen LogP contribution in [0.5, 0.6) is 0 Å². The first-order valence-corrected chi connectivity index (χ1v) is 9.64. The summed E-state index contributed by atoms with van der Waals surface area (Å²) in [7, 11) is -4.56. The summed E-state index contributed by atoms with van der Waals surface area (Å²) in [6.07, 6.45) is -1.77. The van der Waals surface area contributed by atoms with E-state index in [-0.39, 0.29) is 0 Å². The Morgan fingerprint density at radius 2 is 1.64 bits per heavy atom. The van der Waals surface area contributed by atoms with Gasteiger partial charge in [-0.15, -0.1) is 0 Å². The minimum absolute atomic E-state index is 0.745. The van der Waals surface area contributed by atoms with E-state index in [1.165, 1.54) is 0 Å². The van der Waals surface area contributed by atoms with Gasteiger partial charge in [0.15, 0.2) is 5.78 Å². The van der Waals surface area contributed by atoms with Gasteiger partial charge in [-0.25, -0.2) is 4.79 Å². The lowest BCUT2D eigenvalue weighted by Gasteiger charge is -2.35. The van der Waals surface area contributed by atoms with Gasteiger partial charge in [-0.05, 0) is 26.3 Å². The molecule has 1 amide bonds. The number of amides is 1. The summed E-state index contributed by atoms with van der Waals surface area (Å²) >= 11 is 0. The molecule has 0 saturated carbocycles. The SMILES string of the molecule is CC(C)(C)OC(=O)N[C@H](C(=O)CP(=O)(O)O)C(C)(C)c1ccccc1. The van der Waals surface area contributed by atoms with E-state index in [1.54, 1.807) is 58.9 Å². The lowest BCUT2D eigenvalue weighted by molar-refractivity contribution is -0.120. The summed E-state index contributed by atoms with van der Waals surface area (Å²) in [6.45, 7) is 8.49. The van der Waals surface area contributed by atoms with Crippen LogP contribution < -0.4 is 5.32 Å². The van der Waals surface area contributed by atoms with Gasteiger partial charge in [0.1, 0.15) is 17.8 Å². The molecule has 0 bridgehead atoms. The van der Waals surface area contributed by atoms with Crippen molar-refractivity contribution in [3.8, 4) is 0 Å². The van der Waals surface area contributed by atoms with E-state index in [0.29, 0.717) is 0 Å². The second-order valence-electron chi connectivity index (χ2n) is 7.46. The first-order valence-electron chi connectivity index (χ1n) is 7.85. The number of ether oxygens (including phenoxy) is 1. The topological polar surface area (TPSA) is 113 Å².